The molecular formula is C23H31N5O3S. The Bertz CT molecular complexity index is 1050. The summed E-state index contributed by atoms with van der Waals surface area (Å²) in [7, 11) is 0. The highest BCUT2D eigenvalue weighted by Crippen LogP contribution is 2.44. The summed E-state index contributed by atoms with van der Waals surface area (Å²) in [4.78, 5) is 13.1. The van der Waals surface area contributed by atoms with Crippen LogP contribution >= 0.6 is 11.3 Å². The molecule has 0 amide bonds. The number of para-hydroxylation sites is 1. The second kappa shape index (κ2) is 8.99. The van der Waals surface area contributed by atoms with Crippen molar-refractivity contribution in [2.75, 3.05) is 12.3 Å². The zero-order chi connectivity index (χ0) is 23.0. The van der Waals surface area contributed by atoms with Crippen molar-refractivity contribution >= 4 is 27.4 Å². The van der Waals surface area contributed by atoms with Gasteiger partial charge in [-0.3, -0.25) is 0 Å². The van der Waals surface area contributed by atoms with Crippen molar-refractivity contribution in [1.29, 1.82) is 0 Å². The molecule has 2 fully saturated rings. The van der Waals surface area contributed by atoms with Crippen LogP contribution in [0.2, 0.25) is 0 Å². The number of aliphatic hydroxyl groups excluding tert-OH is 1. The number of nitrogens with two attached hydrogens (primary N) is 2. The minimum absolute atomic E-state index is 0.106. The van der Waals surface area contributed by atoms with E-state index in [4.69, 9.17) is 26.0 Å². The van der Waals surface area contributed by atoms with Crippen LogP contribution < -0.4 is 11.5 Å². The van der Waals surface area contributed by atoms with Gasteiger partial charge >= 0.3 is 0 Å². The first kappa shape index (κ1) is 23.0. The van der Waals surface area contributed by atoms with Crippen LogP contribution in [0.3, 0.4) is 0 Å². The summed E-state index contributed by atoms with van der Waals surface area (Å²) in [6.07, 6.45) is 1.31. The number of anilines is 1. The average Bonchev–Trinajstić information content (AvgIpc) is 3.39. The number of nitrogen functional groups attached to an aromatic ring is 1. The van der Waals surface area contributed by atoms with Gasteiger partial charge < -0.3 is 26.0 Å². The third kappa shape index (κ3) is 4.49. The largest absolute Gasteiger partial charge is 0.396 e. The van der Waals surface area contributed by atoms with Crippen LogP contribution in [0.5, 0.6) is 0 Å². The van der Waals surface area contributed by atoms with Gasteiger partial charge in [-0.2, -0.15) is 0 Å². The van der Waals surface area contributed by atoms with Crippen LogP contribution in [0.4, 0.5) is 5.82 Å². The number of benzene rings is 1. The summed E-state index contributed by atoms with van der Waals surface area (Å²) in [5.74, 6) is 1.30. The van der Waals surface area contributed by atoms with E-state index in [1.165, 1.54) is 0 Å². The predicted molar refractivity (Wildman–Crippen MR) is 126 cm³/mol. The van der Waals surface area contributed by atoms with Gasteiger partial charge in [0.25, 0.3) is 0 Å². The summed E-state index contributed by atoms with van der Waals surface area (Å²) >= 11 is 1.59. The highest BCUT2D eigenvalue weighted by molar-refractivity contribution is 7.21. The maximum atomic E-state index is 9.17. The van der Waals surface area contributed by atoms with Crippen LogP contribution in [0.1, 0.15) is 38.7 Å². The van der Waals surface area contributed by atoms with Crippen LogP contribution in [0.25, 0.3) is 20.8 Å². The number of nitrogens with zero attached hydrogens (tertiary/aromatic N) is 3. The highest BCUT2D eigenvalue weighted by atomic mass is 32.1. The normalized spacial score (nSPS) is 26.1. The van der Waals surface area contributed by atoms with Crippen molar-refractivity contribution in [2.45, 2.75) is 58.7 Å². The summed E-state index contributed by atoms with van der Waals surface area (Å²) in [5.41, 5.74) is 14.1. The number of hydrogen-bond donors (Lipinski definition) is 3. The number of aryl methyl sites for hydroxylation is 1. The van der Waals surface area contributed by atoms with Gasteiger partial charge in [-0.1, -0.05) is 19.1 Å². The van der Waals surface area contributed by atoms with Gasteiger partial charge in [0.15, 0.2) is 5.79 Å². The molecule has 5 rings (SSSR count). The zero-order valence-corrected chi connectivity index (χ0v) is 19.7. The van der Waals surface area contributed by atoms with Crippen LogP contribution in [0.15, 0.2) is 24.3 Å². The zero-order valence-electron chi connectivity index (χ0n) is 18.9. The summed E-state index contributed by atoms with van der Waals surface area (Å²) in [6, 6.07) is 7.98. The molecule has 3 aromatic rings. The second-order valence-corrected chi connectivity index (χ2v) is 9.93. The number of hydrogen-bond acceptors (Lipinski definition) is 9. The molecule has 4 atom stereocenters. The highest BCUT2D eigenvalue weighted by Gasteiger charge is 2.51. The smallest absolute Gasteiger partial charge is 0.163 e. The SMILES string of the molecule is CC1CC(CO)[C@H]2OC(C)(C)O[C@@H]12.Cc1nc(CN)nc(N)c1-c1nc2ccccc2s1. The van der Waals surface area contributed by atoms with Gasteiger partial charge in [0.1, 0.15) is 16.6 Å². The molecule has 8 nitrogen and oxygen atoms in total. The van der Waals surface area contributed by atoms with Crippen LogP contribution in [-0.2, 0) is 16.0 Å². The topological polar surface area (TPSA) is 129 Å². The van der Waals surface area contributed by atoms with Gasteiger partial charge in [0, 0.05) is 12.5 Å². The average molecular weight is 458 g/mol. The van der Waals surface area contributed by atoms with E-state index < -0.39 is 5.79 Å². The van der Waals surface area contributed by atoms with Crippen LogP contribution in [0, 0.1) is 18.8 Å². The minimum Gasteiger partial charge on any atom is -0.396 e. The fourth-order valence-electron chi connectivity index (χ4n) is 4.54. The van der Waals surface area contributed by atoms with Gasteiger partial charge in [-0.15, -0.1) is 11.3 Å². The van der Waals surface area contributed by atoms with E-state index in [1.54, 1.807) is 11.3 Å². The van der Waals surface area contributed by atoms with Gasteiger partial charge in [0.05, 0.1) is 40.2 Å². The Balaban J connectivity index is 0.000000165. The minimum atomic E-state index is -0.461. The quantitative estimate of drug-likeness (QED) is 0.546. The van der Waals surface area contributed by atoms with E-state index in [2.05, 4.69) is 21.9 Å². The van der Waals surface area contributed by atoms with E-state index in [1.807, 2.05) is 45.0 Å². The van der Waals surface area contributed by atoms with Gasteiger partial charge in [0.2, 0.25) is 0 Å². The molecule has 3 heterocycles. The standard InChI is InChI=1S/C13H13N5S.C10H18O3/c1-7-11(12(15)18-10(6-14)16-7)13-17-8-4-2-3-5-9(8)19-13;1-6-4-7(5-11)9-8(6)12-10(2,3)13-9/h2-5H,6,14H2,1H3,(H2,15,16,18);6-9,11H,4-5H2,1-3H3/t;6?,7?,8-,9+/m.0/s1. The summed E-state index contributed by atoms with van der Waals surface area (Å²) in [6.45, 7) is 8.44. The molecule has 0 radical (unpaired) electrons. The Kier molecular flexibility index (Phi) is 6.46. The maximum Gasteiger partial charge on any atom is 0.163 e. The molecule has 0 bridgehead atoms. The number of aromatic nitrogens is 3. The third-order valence-electron chi connectivity index (χ3n) is 5.95. The Morgan fingerprint density at radius 2 is 1.88 bits per heavy atom. The molecule has 1 aliphatic carbocycles. The second-order valence-electron chi connectivity index (χ2n) is 8.90. The molecule has 5 N–H and O–H groups in total. The van der Waals surface area contributed by atoms with E-state index in [0.29, 0.717) is 17.6 Å². The molecule has 9 heteroatoms. The van der Waals surface area contributed by atoms with Crippen molar-refractivity contribution in [2.24, 2.45) is 17.6 Å². The molecule has 2 unspecified atom stereocenters. The lowest BCUT2D eigenvalue weighted by atomic mass is 10.1. The maximum absolute atomic E-state index is 9.17. The van der Waals surface area contributed by atoms with Crippen molar-refractivity contribution in [3.05, 3.63) is 35.8 Å². The Labute approximate surface area is 192 Å². The molecule has 1 aliphatic heterocycles. The van der Waals surface area contributed by atoms with E-state index in [0.717, 1.165) is 32.9 Å². The third-order valence-corrected chi connectivity index (χ3v) is 7.01. The van der Waals surface area contributed by atoms with E-state index in [9.17, 15) is 0 Å². The lowest BCUT2D eigenvalue weighted by Crippen LogP contribution is -2.26. The number of thiazole rings is 1. The first-order valence-electron chi connectivity index (χ1n) is 10.9. The Hall–Kier alpha value is -2.17. The van der Waals surface area contributed by atoms with Crippen molar-refractivity contribution in [3.63, 3.8) is 0 Å². The lowest BCUT2D eigenvalue weighted by Gasteiger charge is -2.21. The summed E-state index contributed by atoms with van der Waals surface area (Å²) in [5, 5.41) is 10.0. The molecule has 1 saturated carbocycles. The van der Waals surface area contributed by atoms with Crippen molar-refractivity contribution < 1.29 is 14.6 Å². The van der Waals surface area contributed by atoms with E-state index in [-0.39, 0.29) is 31.3 Å². The Morgan fingerprint density at radius 1 is 1.16 bits per heavy atom. The monoisotopic (exact) mass is 457 g/mol. The summed E-state index contributed by atoms with van der Waals surface area (Å²) < 4.78 is 12.7. The molecule has 0 spiro atoms. The Morgan fingerprint density at radius 3 is 2.53 bits per heavy atom. The van der Waals surface area contributed by atoms with Gasteiger partial charge in [-0.25, -0.2) is 15.0 Å². The number of rotatable bonds is 3. The first-order valence-corrected chi connectivity index (χ1v) is 11.7. The molecule has 172 valence electrons. The molecule has 2 aliphatic rings. The number of aliphatic hydroxyl groups is 1. The number of ether oxygens (including phenoxy) is 2. The molecule has 1 saturated heterocycles. The van der Waals surface area contributed by atoms with Gasteiger partial charge in [-0.05, 0) is 45.2 Å². The molecule has 2 aromatic heterocycles. The fourth-order valence-corrected chi connectivity index (χ4v) is 5.61. The first-order chi connectivity index (χ1) is 15.2. The molecular weight excluding hydrogens is 426 g/mol. The van der Waals surface area contributed by atoms with E-state index >= 15 is 0 Å². The number of fused-ring (bicyclic) bond motifs is 2. The predicted octanol–water partition coefficient (Wildman–Crippen LogP) is 3.26. The molecule has 1 aromatic carbocycles. The van der Waals surface area contributed by atoms with Crippen molar-refractivity contribution in [1.82, 2.24) is 15.0 Å². The van der Waals surface area contributed by atoms with Crippen molar-refractivity contribution in [3.8, 4) is 10.6 Å². The molecule has 32 heavy (non-hydrogen) atoms. The van der Waals surface area contributed by atoms with Crippen LogP contribution in [-0.4, -0.2) is 44.7 Å². The lowest BCUT2D eigenvalue weighted by molar-refractivity contribution is -0.162. The fraction of sp³-hybridized carbons (Fsp3) is 0.522.